The molecule has 1 aliphatic carbocycles. The molecule has 0 spiro atoms. The Balaban J connectivity index is 1.87. The molecule has 0 bridgehead atoms. The van der Waals surface area contributed by atoms with Crippen molar-refractivity contribution in [1.29, 1.82) is 0 Å². The molecule has 0 aliphatic heterocycles. The molecule has 1 unspecified atom stereocenters. The molecule has 0 N–H and O–H groups in total. The number of ether oxygens (including phenoxy) is 1. The summed E-state index contributed by atoms with van der Waals surface area (Å²) in [6.45, 7) is 4.90. The first-order chi connectivity index (χ1) is 10.1. The number of benzene rings is 1. The van der Waals surface area contributed by atoms with Gasteiger partial charge in [0.15, 0.2) is 0 Å². The largest absolute Gasteiger partial charge is 0.546 e. The van der Waals surface area contributed by atoms with E-state index in [0.29, 0.717) is 17.7 Å². The summed E-state index contributed by atoms with van der Waals surface area (Å²) in [6.07, 6.45) is 10.7. The lowest BCUT2D eigenvalue weighted by Crippen LogP contribution is -2.14. The van der Waals surface area contributed by atoms with Gasteiger partial charge in [-0.05, 0) is 62.9 Å². The zero-order chi connectivity index (χ0) is 15.1. The van der Waals surface area contributed by atoms with Gasteiger partial charge in [0.25, 0.3) is 0 Å². The third-order valence-corrected chi connectivity index (χ3v) is 4.58. The molecule has 0 amide bonds. The highest BCUT2D eigenvalue weighted by molar-refractivity contribution is 6.49. The number of rotatable bonds is 5. The lowest BCUT2D eigenvalue weighted by Gasteiger charge is -2.19. The second-order valence-corrected chi connectivity index (χ2v) is 8.58. The van der Waals surface area contributed by atoms with Crippen LogP contribution in [0.1, 0.15) is 37.7 Å². The van der Waals surface area contributed by atoms with Crippen molar-refractivity contribution in [3.63, 3.8) is 0 Å². The van der Waals surface area contributed by atoms with E-state index >= 15 is 0 Å². The number of hydrogen-bond donors (Lipinski definition) is 0. The van der Waals surface area contributed by atoms with Gasteiger partial charge < -0.3 is 9.16 Å². The maximum atomic E-state index is 6.28. The molecule has 0 saturated carbocycles. The Morgan fingerprint density at radius 3 is 2.76 bits per heavy atom. The molecular weight excluding hydrogens is 300 g/mol. The van der Waals surface area contributed by atoms with Gasteiger partial charge in [-0.2, -0.15) is 0 Å². The summed E-state index contributed by atoms with van der Waals surface area (Å²) in [5.74, 6) is 0.804. The quantitative estimate of drug-likeness (QED) is 0.553. The van der Waals surface area contributed by atoms with Crippen molar-refractivity contribution < 1.29 is 9.16 Å². The summed E-state index contributed by atoms with van der Waals surface area (Å²) >= 11 is 6.28. The molecule has 1 aromatic rings. The van der Waals surface area contributed by atoms with Crippen LogP contribution in [0.15, 0.2) is 30.4 Å². The Bertz CT molecular complexity index is 474. The molecule has 116 valence electrons. The minimum Gasteiger partial charge on any atom is -0.546 e. The van der Waals surface area contributed by atoms with Crippen molar-refractivity contribution in [2.75, 3.05) is 0 Å². The Morgan fingerprint density at radius 1 is 1.19 bits per heavy atom. The van der Waals surface area contributed by atoms with Crippen molar-refractivity contribution in [3.05, 3.63) is 40.9 Å². The fourth-order valence-electron chi connectivity index (χ4n) is 2.49. The van der Waals surface area contributed by atoms with E-state index in [-0.39, 0.29) is 0 Å². The smallest absolute Gasteiger partial charge is 0.229 e. The molecule has 2 rings (SSSR count). The predicted molar refractivity (Wildman–Crippen MR) is 91.8 cm³/mol. The topological polar surface area (TPSA) is 18.5 Å². The average molecular weight is 325 g/mol. The molecule has 21 heavy (non-hydrogen) atoms. The molecule has 0 saturated heterocycles. The minimum absolute atomic E-state index is 0.368. The van der Waals surface area contributed by atoms with Crippen molar-refractivity contribution in [2.24, 2.45) is 0 Å². The zero-order valence-electron chi connectivity index (χ0n) is 13.0. The second-order valence-electron chi connectivity index (χ2n) is 5.84. The standard InChI is InChI=1S/C17H25ClO2Si/c1-21(2)20-17-11-10-14(12-16(17)18)13-19-15-8-6-4-3-5-7-9-15/h3-4,10-12,15,21H,5-9,13H2,1-2H3. The first-order valence-corrected chi connectivity index (χ1v) is 11.0. The lowest BCUT2D eigenvalue weighted by atomic mass is 10.0. The van der Waals surface area contributed by atoms with E-state index in [2.05, 4.69) is 31.3 Å². The number of allylic oxidation sites excluding steroid dienone is 2. The van der Waals surface area contributed by atoms with Gasteiger partial charge in [-0.25, -0.2) is 0 Å². The van der Waals surface area contributed by atoms with Crippen LogP contribution in [-0.4, -0.2) is 15.1 Å². The highest BCUT2D eigenvalue weighted by Crippen LogP contribution is 2.27. The van der Waals surface area contributed by atoms with Gasteiger partial charge in [-0.3, -0.25) is 0 Å². The fraction of sp³-hybridized carbons (Fsp3) is 0.529. The summed E-state index contributed by atoms with van der Waals surface area (Å²) in [4.78, 5) is 0. The normalized spacial score (nSPS) is 19.3. The SMILES string of the molecule is C[SiH](C)Oc1ccc(COC2CCC=CCCC2)cc1Cl. The third-order valence-electron chi connectivity index (χ3n) is 3.56. The summed E-state index contributed by atoms with van der Waals surface area (Å²) in [6, 6.07) is 5.99. The van der Waals surface area contributed by atoms with Crippen molar-refractivity contribution in [1.82, 2.24) is 0 Å². The first kappa shape index (κ1) is 16.6. The highest BCUT2D eigenvalue weighted by atomic mass is 35.5. The van der Waals surface area contributed by atoms with E-state index in [0.717, 1.165) is 30.6 Å². The van der Waals surface area contributed by atoms with Gasteiger partial charge in [-0.1, -0.05) is 29.8 Å². The molecule has 1 aliphatic rings. The second kappa shape index (κ2) is 8.62. The summed E-state index contributed by atoms with van der Waals surface area (Å²) in [7, 11) is -1.11. The van der Waals surface area contributed by atoms with Crippen LogP contribution in [0.4, 0.5) is 0 Å². The van der Waals surface area contributed by atoms with Crippen LogP contribution >= 0.6 is 11.6 Å². The third kappa shape index (κ3) is 5.85. The highest BCUT2D eigenvalue weighted by Gasteiger charge is 2.11. The van der Waals surface area contributed by atoms with Gasteiger partial charge in [0, 0.05) is 0 Å². The van der Waals surface area contributed by atoms with Gasteiger partial charge in [0.1, 0.15) is 5.75 Å². The molecule has 1 atom stereocenters. The van der Waals surface area contributed by atoms with Gasteiger partial charge in [0.05, 0.1) is 17.7 Å². The van der Waals surface area contributed by atoms with Crippen molar-refractivity contribution in [3.8, 4) is 5.75 Å². The van der Waals surface area contributed by atoms with Crippen LogP contribution in [0.25, 0.3) is 0 Å². The molecule has 4 heteroatoms. The van der Waals surface area contributed by atoms with Crippen LogP contribution in [0.5, 0.6) is 5.75 Å². The minimum atomic E-state index is -1.11. The Hall–Kier alpha value is -0.773. The van der Waals surface area contributed by atoms with Crippen LogP contribution in [0.3, 0.4) is 0 Å². The van der Waals surface area contributed by atoms with Crippen LogP contribution in [-0.2, 0) is 11.3 Å². The van der Waals surface area contributed by atoms with Gasteiger partial charge in [-0.15, -0.1) is 0 Å². The maximum absolute atomic E-state index is 6.28. The number of halogens is 1. The zero-order valence-corrected chi connectivity index (χ0v) is 14.9. The summed E-state index contributed by atoms with van der Waals surface area (Å²) in [5, 5.41) is 0.692. The Morgan fingerprint density at radius 2 is 2.00 bits per heavy atom. The molecule has 0 radical (unpaired) electrons. The van der Waals surface area contributed by atoms with Crippen LogP contribution in [0.2, 0.25) is 18.1 Å². The van der Waals surface area contributed by atoms with E-state index in [1.807, 2.05) is 12.1 Å². The van der Waals surface area contributed by atoms with Gasteiger partial charge in [0.2, 0.25) is 9.04 Å². The van der Waals surface area contributed by atoms with Crippen molar-refractivity contribution >= 4 is 20.6 Å². The molecule has 0 fully saturated rings. The Kier molecular flexibility index (Phi) is 6.81. The van der Waals surface area contributed by atoms with Crippen LogP contribution in [0, 0.1) is 0 Å². The summed E-state index contributed by atoms with van der Waals surface area (Å²) in [5.41, 5.74) is 1.12. The molecule has 0 heterocycles. The van der Waals surface area contributed by atoms with E-state index in [9.17, 15) is 0 Å². The first-order valence-electron chi connectivity index (χ1n) is 7.87. The van der Waals surface area contributed by atoms with Crippen molar-refractivity contribution in [2.45, 2.75) is 57.9 Å². The summed E-state index contributed by atoms with van der Waals surface area (Å²) < 4.78 is 11.8. The average Bonchev–Trinajstić information content (AvgIpc) is 2.40. The van der Waals surface area contributed by atoms with Crippen LogP contribution < -0.4 is 4.43 Å². The fourth-order valence-corrected chi connectivity index (χ4v) is 3.53. The maximum Gasteiger partial charge on any atom is 0.229 e. The monoisotopic (exact) mass is 324 g/mol. The van der Waals surface area contributed by atoms with E-state index in [1.54, 1.807) is 0 Å². The predicted octanol–water partition coefficient (Wildman–Crippen LogP) is 5.11. The van der Waals surface area contributed by atoms with E-state index in [4.69, 9.17) is 20.8 Å². The Labute approximate surface area is 134 Å². The van der Waals surface area contributed by atoms with E-state index in [1.165, 1.54) is 12.8 Å². The molecule has 2 nitrogen and oxygen atoms in total. The van der Waals surface area contributed by atoms with Gasteiger partial charge >= 0.3 is 0 Å². The molecule has 1 aromatic carbocycles. The van der Waals surface area contributed by atoms with E-state index < -0.39 is 9.04 Å². The molecule has 0 aromatic heterocycles. The lowest BCUT2D eigenvalue weighted by molar-refractivity contribution is 0.0284. The molecular formula is C17H25ClO2Si. The number of hydrogen-bond acceptors (Lipinski definition) is 2.